The van der Waals surface area contributed by atoms with Gasteiger partial charge in [-0.25, -0.2) is 9.37 Å². The van der Waals surface area contributed by atoms with Crippen molar-refractivity contribution < 1.29 is 9.18 Å². The summed E-state index contributed by atoms with van der Waals surface area (Å²) in [7, 11) is 0. The highest BCUT2D eigenvalue weighted by molar-refractivity contribution is 7.13. The van der Waals surface area contributed by atoms with Gasteiger partial charge in [-0.2, -0.15) is 0 Å². The van der Waals surface area contributed by atoms with Crippen LogP contribution in [0.4, 0.5) is 4.39 Å². The first-order valence-corrected chi connectivity index (χ1v) is 5.77. The monoisotopic (exact) mass is 235 g/mol. The topological polar surface area (TPSA) is 30.0 Å². The van der Waals surface area contributed by atoms with Gasteiger partial charge in [0.1, 0.15) is 5.82 Å². The molecule has 0 saturated heterocycles. The first-order chi connectivity index (χ1) is 7.76. The Balaban J connectivity index is 2.59. The van der Waals surface area contributed by atoms with Crippen LogP contribution < -0.4 is 0 Å². The normalized spacial score (nSPS) is 10.4. The van der Waals surface area contributed by atoms with Crippen LogP contribution in [0.15, 0.2) is 24.3 Å². The number of thiazole rings is 1. The molecule has 2 aromatic rings. The number of halogens is 1. The van der Waals surface area contributed by atoms with Crippen molar-refractivity contribution in [3.63, 3.8) is 0 Å². The van der Waals surface area contributed by atoms with Gasteiger partial charge >= 0.3 is 0 Å². The highest BCUT2D eigenvalue weighted by Gasteiger charge is 2.14. The maximum Gasteiger partial charge on any atom is 0.178 e. The molecule has 2 rings (SSSR count). The number of aldehydes is 1. The van der Waals surface area contributed by atoms with E-state index in [2.05, 4.69) is 4.98 Å². The molecule has 0 unspecified atom stereocenters. The van der Waals surface area contributed by atoms with Gasteiger partial charge in [0.05, 0.1) is 5.69 Å². The Morgan fingerprint density at radius 2 is 2.19 bits per heavy atom. The van der Waals surface area contributed by atoms with E-state index in [1.54, 1.807) is 18.2 Å². The van der Waals surface area contributed by atoms with Crippen LogP contribution in [-0.4, -0.2) is 11.3 Å². The summed E-state index contributed by atoms with van der Waals surface area (Å²) in [6, 6.07) is 6.47. The molecule has 0 saturated carbocycles. The van der Waals surface area contributed by atoms with Crippen molar-refractivity contribution in [3.05, 3.63) is 40.0 Å². The van der Waals surface area contributed by atoms with Crippen LogP contribution >= 0.6 is 11.3 Å². The van der Waals surface area contributed by atoms with Crippen molar-refractivity contribution in [1.29, 1.82) is 0 Å². The number of hydrogen-bond acceptors (Lipinski definition) is 3. The average Bonchev–Trinajstić information content (AvgIpc) is 2.72. The van der Waals surface area contributed by atoms with Crippen LogP contribution in [0, 0.1) is 5.82 Å². The third-order valence-electron chi connectivity index (χ3n) is 2.26. The number of carbonyl (C=O) groups excluding carboxylic acids is 1. The number of hydrogen-bond donors (Lipinski definition) is 0. The molecular weight excluding hydrogens is 225 g/mol. The van der Waals surface area contributed by atoms with Crippen molar-refractivity contribution in [2.45, 2.75) is 13.3 Å². The molecule has 0 N–H and O–H groups in total. The van der Waals surface area contributed by atoms with Crippen LogP contribution in [-0.2, 0) is 6.42 Å². The Labute approximate surface area is 96.8 Å². The Bertz CT molecular complexity index is 521. The fraction of sp³-hybridized carbons (Fsp3) is 0.167. The summed E-state index contributed by atoms with van der Waals surface area (Å²) in [4.78, 5) is 15.7. The Kier molecular flexibility index (Phi) is 3.10. The van der Waals surface area contributed by atoms with Crippen molar-refractivity contribution in [2.24, 2.45) is 0 Å². The summed E-state index contributed by atoms with van der Waals surface area (Å²) in [5.74, 6) is -0.306. The molecule has 4 heteroatoms. The van der Waals surface area contributed by atoms with E-state index in [1.165, 1.54) is 17.4 Å². The fourth-order valence-electron chi connectivity index (χ4n) is 1.52. The van der Waals surface area contributed by atoms with Gasteiger partial charge in [0.25, 0.3) is 0 Å². The van der Waals surface area contributed by atoms with Gasteiger partial charge in [-0.15, -0.1) is 11.3 Å². The molecule has 0 aliphatic heterocycles. The number of aromatic nitrogens is 1. The lowest BCUT2D eigenvalue weighted by Gasteiger charge is -2.01. The Morgan fingerprint density at radius 3 is 2.81 bits per heavy atom. The summed E-state index contributed by atoms with van der Waals surface area (Å²) in [6.45, 7) is 1.96. The third-order valence-corrected chi connectivity index (χ3v) is 3.39. The van der Waals surface area contributed by atoms with E-state index in [0.29, 0.717) is 22.6 Å². The molecule has 1 aromatic carbocycles. The molecule has 1 heterocycles. The highest BCUT2D eigenvalue weighted by atomic mass is 32.1. The molecule has 0 aliphatic carbocycles. The molecule has 16 heavy (non-hydrogen) atoms. The molecule has 0 amide bonds. The molecule has 0 bridgehead atoms. The number of rotatable bonds is 3. The minimum Gasteiger partial charge on any atom is -0.295 e. The van der Waals surface area contributed by atoms with Crippen LogP contribution in [0.5, 0.6) is 0 Å². The molecule has 82 valence electrons. The minimum absolute atomic E-state index is 0.306. The van der Waals surface area contributed by atoms with Gasteiger partial charge < -0.3 is 0 Å². The lowest BCUT2D eigenvalue weighted by molar-refractivity contribution is 0.112. The lowest BCUT2D eigenvalue weighted by Crippen LogP contribution is -1.88. The van der Waals surface area contributed by atoms with Crippen LogP contribution in [0.25, 0.3) is 11.3 Å². The smallest absolute Gasteiger partial charge is 0.178 e. The largest absolute Gasteiger partial charge is 0.295 e. The Hall–Kier alpha value is -1.55. The first kappa shape index (κ1) is 11.0. The fourth-order valence-corrected chi connectivity index (χ4v) is 2.36. The zero-order valence-corrected chi connectivity index (χ0v) is 9.55. The predicted molar refractivity (Wildman–Crippen MR) is 62.3 cm³/mol. The van der Waals surface area contributed by atoms with Gasteiger partial charge in [0, 0.05) is 10.4 Å². The van der Waals surface area contributed by atoms with E-state index in [0.717, 1.165) is 11.3 Å². The summed E-state index contributed by atoms with van der Waals surface area (Å²) < 4.78 is 13.6. The van der Waals surface area contributed by atoms with Crippen molar-refractivity contribution in [1.82, 2.24) is 4.98 Å². The summed E-state index contributed by atoms with van der Waals surface area (Å²) in [6.07, 6.45) is 1.45. The van der Waals surface area contributed by atoms with Crippen molar-refractivity contribution in [2.75, 3.05) is 0 Å². The molecule has 2 nitrogen and oxygen atoms in total. The molecule has 0 fully saturated rings. The lowest BCUT2D eigenvalue weighted by atomic mass is 10.1. The average molecular weight is 235 g/mol. The molecule has 0 atom stereocenters. The van der Waals surface area contributed by atoms with E-state index < -0.39 is 0 Å². The van der Waals surface area contributed by atoms with E-state index in [1.807, 2.05) is 6.92 Å². The van der Waals surface area contributed by atoms with Crippen LogP contribution in [0.2, 0.25) is 0 Å². The predicted octanol–water partition coefficient (Wildman–Crippen LogP) is 3.32. The van der Waals surface area contributed by atoms with Gasteiger partial charge in [-0.3, -0.25) is 4.79 Å². The second-order valence-electron chi connectivity index (χ2n) is 3.28. The molecular formula is C12H10FNOS. The number of benzene rings is 1. The standard InChI is InChI=1S/C12H10FNOS/c1-2-10-12(14-11(7-15)16-10)8-5-3-4-6-9(8)13/h3-7H,2H2,1H3. The van der Waals surface area contributed by atoms with Crippen LogP contribution in [0.1, 0.15) is 21.6 Å². The minimum atomic E-state index is -0.306. The quantitative estimate of drug-likeness (QED) is 0.764. The van der Waals surface area contributed by atoms with Gasteiger partial charge in [0.2, 0.25) is 0 Å². The molecule has 0 radical (unpaired) electrons. The van der Waals surface area contributed by atoms with Crippen molar-refractivity contribution >= 4 is 17.6 Å². The number of aryl methyl sites for hydroxylation is 1. The summed E-state index contributed by atoms with van der Waals surface area (Å²) in [5, 5.41) is 0.398. The van der Waals surface area contributed by atoms with Crippen LogP contribution in [0.3, 0.4) is 0 Å². The second-order valence-corrected chi connectivity index (χ2v) is 4.39. The number of nitrogens with zero attached hydrogens (tertiary/aromatic N) is 1. The summed E-state index contributed by atoms with van der Waals surface area (Å²) >= 11 is 1.32. The van der Waals surface area contributed by atoms with Gasteiger partial charge in [-0.05, 0) is 18.6 Å². The second kappa shape index (κ2) is 4.53. The van der Waals surface area contributed by atoms with E-state index >= 15 is 0 Å². The van der Waals surface area contributed by atoms with E-state index in [9.17, 15) is 9.18 Å². The van der Waals surface area contributed by atoms with E-state index in [4.69, 9.17) is 0 Å². The zero-order chi connectivity index (χ0) is 11.5. The Morgan fingerprint density at radius 1 is 1.44 bits per heavy atom. The molecule has 0 aliphatic rings. The summed E-state index contributed by atoms with van der Waals surface area (Å²) in [5.41, 5.74) is 1.05. The van der Waals surface area contributed by atoms with Crippen molar-refractivity contribution in [3.8, 4) is 11.3 Å². The number of carbonyl (C=O) groups is 1. The third kappa shape index (κ3) is 1.88. The SMILES string of the molecule is CCc1sc(C=O)nc1-c1ccccc1F. The zero-order valence-electron chi connectivity index (χ0n) is 8.74. The highest BCUT2D eigenvalue weighted by Crippen LogP contribution is 2.29. The van der Waals surface area contributed by atoms with Gasteiger partial charge in [0.15, 0.2) is 11.3 Å². The molecule has 0 spiro atoms. The molecule has 1 aromatic heterocycles. The maximum absolute atomic E-state index is 13.6. The van der Waals surface area contributed by atoms with Gasteiger partial charge in [-0.1, -0.05) is 19.1 Å². The first-order valence-electron chi connectivity index (χ1n) is 4.96. The van der Waals surface area contributed by atoms with E-state index in [-0.39, 0.29) is 5.82 Å². The maximum atomic E-state index is 13.6.